The number of halogens is 1. The number of benzene rings is 2. The van der Waals surface area contributed by atoms with Crippen LogP contribution >= 0.6 is 11.6 Å². The van der Waals surface area contributed by atoms with Crippen LogP contribution in [0.15, 0.2) is 67.0 Å². The topological polar surface area (TPSA) is 79.4 Å². The summed E-state index contributed by atoms with van der Waals surface area (Å²) in [7, 11) is -2.97. The van der Waals surface area contributed by atoms with E-state index in [9.17, 15) is 13.2 Å². The number of aryl methyl sites for hydroxylation is 1. The smallest absolute Gasteiger partial charge is 0.251 e. The van der Waals surface area contributed by atoms with Gasteiger partial charge in [0.1, 0.15) is 0 Å². The van der Waals surface area contributed by atoms with Crippen LogP contribution in [0.1, 0.15) is 21.5 Å². The molecule has 144 valence electrons. The molecule has 0 radical (unpaired) electrons. The number of carbonyl (C=O) groups is 1. The lowest BCUT2D eigenvalue weighted by Gasteiger charge is -2.21. The molecule has 3 aromatic rings. The van der Waals surface area contributed by atoms with Crippen LogP contribution in [0.25, 0.3) is 0 Å². The van der Waals surface area contributed by atoms with Crippen LogP contribution in [0.3, 0.4) is 0 Å². The summed E-state index contributed by atoms with van der Waals surface area (Å²) in [5.74, 6) is -0.303. The lowest BCUT2D eigenvalue weighted by atomic mass is 10.1. The van der Waals surface area contributed by atoms with E-state index in [4.69, 9.17) is 11.6 Å². The number of pyridine rings is 1. The highest BCUT2D eigenvalue weighted by Crippen LogP contribution is 2.30. The van der Waals surface area contributed by atoms with Gasteiger partial charge >= 0.3 is 0 Å². The highest BCUT2D eigenvalue weighted by atomic mass is 35.5. The minimum absolute atomic E-state index is 0.303. The van der Waals surface area contributed by atoms with E-state index in [2.05, 4.69) is 10.3 Å². The third-order valence-electron chi connectivity index (χ3n) is 4.11. The van der Waals surface area contributed by atoms with Gasteiger partial charge in [-0.15, -0.1) is 0 Å². The number of thiol groups is 1. The Bertz CT molecular complexity index is 1050. The number of hydrogen-bond donors (Lipinski definition) is 2. The highest BCUT2D eigenvalue weighted by molar-refractivity contribution is 7.74. The maximum Gasteiger partial charge on any atom is 0.251 e. The molecule has 0 aliphatic heterocycles. The van der Waals surface area contributed by atoms with E-state index in [1.807, 2.05) is 6.07 Å². The van der Waals surface area contributed by atoms with Gasteiger partial charge in [0.2, 0.25) is 10.9 Å². The number of anilines is 2. The molecule has 0 atom stereocenters. The second-order valence-corrected chi connectivity index (χ2v) is 7.38. The Kier molecular flexibility index (Phi) is 6.28. The quantitative estimate of drug-likeness (QED) is 0.602. The molecular weight excluding hydrogens is 398 g/mol. The zero-order valence-corrected chi connectivity index (χ0v) is 16.7. The van der Waals surface area contributed by atoms with Crippen LogP contribution in [0.5, 0.6) is 0 Å². The molecule has 1 aromatic heterocycles. The normalized spacial score (nSPS) is 10.7. The first kappa shape index (κ1) is 19.9. The maximum absolute atomic E-state index is 12.5. The van der Waals surface area contributed by atoms with Gasteiger partial charge < -0.3 is 5.32 Å². The standard InChI is InChI=1S/C20H18ClN3O3S/c1-14-4-5-16(20(25)23-13-15-3-2-10-22-12-15)11-19(14)24(28(26)27)18-8-6-17(21)7-9-18/h2-12,28H,13H2,1H3,(H,23,25). The molecule has 0 saturated heterocycles. The van der Waals surface area contributed by atoms with E-state index >= 15 is 0 Å². The Labute approximate surface area is 169 Å². The monoisotopic (exact) mass is 415 g/mol. The first-order chi connectivity index (χ1) is 13.5. The average molecular weight is 416 g/mol. The number of amides is 1. The second kappa shape index (κ2) is 8.86. The van der Waals surface area contributed by atoms with Gasteiger partial charge in [-0.3, -0.25) is 9.78 Å². The molecule has 1 N–H and O–H groups in total. The molecule has 0 spiro atoms. The van der Waals surface area contributed by atoms with Gasteiger partial charge in [-0.05, 0) is 60.5 Å². The van der Waals surface area contributed by atoms with Gasteiger partial charge in [0.05, 0.1) is 11.4 Å². The first-order valence-electron chi connectivity index (χ1n) is 8.43. The molecular formula is C20H18ClN3O3S. The molecule has 2 aromatic carbocycles. The molecule has 0 fully saturated rings. The number of aromatic nitrogens is 1. The van der Waals surface area contributed by atoms with Crippen LogP contribution in [0, 0.1) is 6.92 Å². The molecule has 0 saturated carbocycles. The largest absolute Gasteiger partial charge is 0.348 e. The number of nitrogens with zero attached hydrogens (tertiary/aromatic N) is 2. The van der Waals surface area contributed by atoms with E-state index in [1.54, 1.807) is 67.8 Å². The molecule has 1 heterocycles. The number of nitrogens with one attached hydrogen (secondary N) is 1. The van der Waals surface area contributed by atoms with Crippen molar-refractivity contribution in [2.45, 2.75) is 13.5 Å². The van der Waals surface area contributed by atoms with Crippen molar-refractivity contribution in [3.63, 3.8) is 0 Å². The highest BCUT2D eigenvalue weighted by Gasteiger charge is 2.17. The Morgan fingerprint density at radius 2 is 1.89 bits per heavy atom. The van der Waals surface area contributed by atoms with Crippen molar-refractivity contribution >= 4 is 39.8 Å². The molecule has 8 heteroatoms. The summed E-state index contributed by atoms with van der Waals surface area (Å²) in [5.41, 5.74) is 2.80. The fourth-order valence-electron chi connectivity index (χ4n) is 2.67. The molecule has 0 bridgehead atoms. The number of rotatable bonds is 6. The molecule has 0 aliphatic carbocycles. The van der Waals surface area contributed by atoms with Crippen molar-refractivity contribution in [1.82, 2.24) is 10.3 Å². The van der Waals surface area contributed by atoms with Crippen LogP contribution in [0.2, 0.25) is 5.02 Å². The van der Waals surface area contributed by atoms with Crippen molar-refractivity contribution in [2.24, 2.45) is 0 Å². The van der Waals surface area contributed by atoms with Crippen molar-refractivity contribution in [3.05, 3.63) is 88.7 Å². The van der Waals surface area contributed by atoms with E-state index in [1.165, 1.54) is 4.31 Å². The summed E-state index contributed by atoms with van der Waals surface area (Å²) in [4.78, 5) is 16.5. The van der Waals surface area contributed by atoms with E-state index in [0.717, 1.165) is 11.1 Å². The van der Waals surface area contributed by atoms with Crippen molar-refractivity contribution in [3.8, 4) is 0 Å². The van der Waals surface area contributed by atoms with Crippen LogP contribution in [0.4, 0.5) is 11.4 Å². The average Bonchev–Trinajstić information content (AvgIpc) is 2.70. The van der Waals surface area contributed by atoms with E-state index in [-0.39, 0.29) is 5.91 Å². The minimum atomic E-state index is -2.97. The van der Waals surface area contributed by atoms with E-state index < -0.39 is 10.9 Å². The van der Waals surface area contributed by atoms with Gasteiger partial charge in [-0.25, -0.2) is 12.7 Å². The number of hydrogen-bond acceptors (Lipinski definition) is 4. The molecule has 1 amide bonds. The summed E-state index contributed by atoms with van der Waals surface area (Å²) >= 11 is 5.90. The fourth-order valence-corrected chi connectivity index (χ4v) is 3.51. The van der Waals surface area contributed by atoms with Crippen LogP contribution < -0.4 is 9.62 Å². The molecule has 0 unspecified atom stereocenters. The Morgan fingerprint density at radius 1 is 1.14 bits per heavy atom. The molecule has 6 nitrogen and oxygen atoms in total. The Morgan fingerprint density at radius 3 is 2.54 bits per heavy atom. The van der Waals surface area contributed by atoms with Gasteiger partial charge in [-0.1, -0.05) is 23.7 Å². The fraction of sp³-hybridized carbons (Fsp3) is 0.100. The molecule has 0 aliphatic rings. The predicted molar refractivity (Wildman–Crippen MR) is 110 cm³/mol. The van der Waals surface area contributed by atoms with Gasteiger partial charge in [0.15, 0.2) is 0 Å². The SMILES string of the molecule is Cc1ccc(C(=O)NCc2cccnc2)cc1N(c1ccc(Cl)cc1)[SH](=O)=O. The maximum atomic E-state index is 12.5. The third-order valence-corrected chi connectivity index (χ3v) is 5.13. The molecule has 28 heavy (non-hydrogen) atoms. The summed E-state index contributed by atoms with van der Waals surface area (Å²) in [6, 6.07) is 15.0. The lowest BCUT2D eigenvalue weighted by molar-refractivity contribution is 0.0951. The summed E-state index contributed by atoms with van der Waals surface area (Å²) in [6.07, 6.45) is 3.33. The van der Waals surface area contributed by atoms with Crippen LogP contribution in [-0.4, -0.2) is 19.3 Å². The zero-order chi connectivity index (χ0) is 20.1. The van der Waals surface area contributed by atoms with E-state index in [0.29, 0.717) is 28.5 Å². The predicted octanol–water partition coefficient (Wildman–Crippen LogP) is 3.64. The second-order valence-electron chi connectivity index (χ2n) is 6.07. The third kappa shape index (κ3) is 4.68. The van der Waals surface area contributed by atoms with Crippen molar-refractivity contribution in [2.75, 3.05) is 4.31 Å². The Balaban J connectivity index is 1.89. The van der Waals surface area contributed by atoms with Crippen molar-refractivity contribution < 1.29 is 13.2 Å². The number of carbonyl (C=O) groups excluding carboxylic acids is 1. The van der Waals surface area contributed by atoms with Crippen molar-refractivity contribution in [1.29, 1.82) is 0 Å². The summed E-state index contributed by atoms with van der Waals surface area (Å²) in [6.45, 7) is 2.11. The summed E-state index contributed by atoms with van der Waals surface area (Å²) < 4.78 is 25.1. The van der Waals surface area contributed by atoms with Gasteiger partial charge in [0, 0.05) is 29.5 Å². The van der Waals surface area contributed by atoms with Gasteiger partial charge in [0.25, 0.3) is 5.91 Å². The lowest BCUT2D eigenvalue weighted by Crippen LogP contribution is -2.23. The Hall–Kier alpha value is -2.90. The minimum Gasteiger partial charge on any atom is -0.348 e. The van der Waals surface area contributed by atoms with Gasteiger partial charge in [-0.2, -0.15) is 0 Å². The zero-order valence-electron chi connectivity index (χ0n) is 15.0. The van der Waals surface area contributed by atoms with Crippen LogP contribution in [-0.2, 0) is 17.4 Å². The molecule has 3 rings (SSSR count). The summed E-state index contributed by atoms with van der Waals surface area (Å²) in [5, 5.41) is 3.32. The first-order valence-corrected chi connectivity index (χ1v) is 9.94.